The number of nitrogens with zero attached hydrogens (tertiary/aromatic N) is 1. The first kappa shape index (κ1) is 14.6. The highest BCUT2D eigenvalue weighted by atomic mass is 32.1. The third kappa shape index (κ3) is 4.10. The molecule has 0 saturated carbocycles. The third-order valence-corrected chi connectivity index (χ3v) is 4.06. The highest BCUT2D eigenvalue weighted by Gasteiger charge is 2.02. The second-order valence-electron chi connectivity index (χ2n) is 4.48. The summed E-state index contributed by atoms with van der Waals surface area (Å²) in [5.74, 6) is 0.837. The zero-order valence-corrected chi connectivity index (χ0v) is 12.8. The van der Waals surface area contributed by atoms with Crippen LogP contribution in [0.25, 0.3) is 0 Å². The maximum atomic E-state index is 4.26. The molecule has 0 aliphatic heterocycles. The molecule has 0 amide bonds. The van der Waals surface area contributed by atoms with Gasteiger partial charge in [-0.3, -0.25) is 4.99 Å². The monoisotopic (exact) mass is 287 g/mol. The predicted octanol–water partition coefficient (Wildman–Crippen LogP) is 3.18. The van der Waals surface area contributed by atoms with Gasteiger partial charge < -0.3 is 10.6 Å². The lowest BCUT2D eigenvalue weighted by Crippen LogP contribution is -2.36. The topological polar surface area (TPSA) is 36.4 Å². The van der Waals surface area contributed by atoms with E-state index in [9.17, 15) is 0 Å². The van der Waals surface area contributed by atoms with Crippen LogP contribution in [0.2, 0.25) is 0 Å². The SMILES string of the molecule is CCc1ccccc1CNC(=NC)NCc1cccs1. The number of aryl methyl sites for hydroxylation is 1. The van der Waals surface area contributed by atoms with Gasteiger partial charge in [-0.05, 0) is 29.0 Å². The Bertz CT molecular complexity index is 547. The van der Waals surface area contributed by atoms with Gasteiger partial charge in [0.1, 0.15) is 0 Å². The van der Waals surface area contributed by atoms with Crippen molar-refractivity contribution in [3.05, 3.63) is 57.8 Å². The molecule has 106 valence electrons. The van der Waals surface area contributed by atoms with E-state index in [-0.39, 0.29) is 0 Å². The molecular weight excluding hydrogens is 266 g/mol. The fourth-order valence-electron chi connectivity index (χ4n) is 2.06. The summed E-state index contributed by atoms with van der Waals surface area (Å²) >= 11 is 1.75. The molecule has 0 saturated heterocycles. The minimum Gasteiger partial charge on any atom is -0.352 e. The largest absolute Gasteiger partial charge is 0.352 e. The number of hydrogen-bond acceptors (Lipinski definition) is 2. The Kier molecular flexibility index (Phi) is 5.62. The number of guanidine groups is 1. The lowest BCUT2D eigenvalue weighted by molar-refractivity contribution is 0.808. The summed E-state index contributed by atoms with van der Waals surface area (Å²) in [4.78, 5) is 5.56. The standard InChI is InChI=1S/C16H21N3S/c1-3-13-7-4-5-8-14(13)11-18-16(17-2)19-12-15-9-6-10-20-15/h4-10H,3,11-12H2,1-2H3,(H2,17,18,19). The smallest absolute Gasteiger partial charge is 0.191 e. The maximum Gasteiger partial charge on any atom is 0.191 e. The van der Waals surface area contributed by atoms with Crippen molar-refractivity contribution in [3.63, 3.8) is 0 Å². The van der Waals surface area contributed by atoms with E-state index in [1.54, 1.807) is 18.4 Å². The van der Waals surface area contributed by atoms with Crippen LogP contribution in [0.15, 0.2) is 46.8 Å². The lowest BCUT2D eigenvalue weighted by atomic mass is 10.1. The van der Waals surface area contributed by atoms with E-state index >= 15 is 0 Å². The van der Waals surface area contributed by atoms with Crippen LogP contribution in [-0.4, -0.2) is 13.0 Å². The minimum absolute atomic E-state index is 0.800. The third-order valence-electron chi connectivity index (χ3n) is 3.18. The summed E-state index contributed by atoms with van der Waals surface area (Å²) in [6.45, 7) is 3.80. The van der Waals surface area contributed by atoms with Crippen molar-refractivity contribution in [2.45, 2.75) is 26.4 Å². The van der Waals surface area contributed by atoms with E-state index in [0.29, 0.717) is 0 Å². The average Bonchev–Trinajstić information content (AvgIpc) is 3.01. The lowest BCUT2D eigenvalue weighted by Gasteiger charge is -2.13. The van der Waals surface area contributed by atoms with Crippen molar-refractivity contribution in [1.82, 2.24) is 10.6 Å². The maximum absolute atomic E-state index is 4.26. The van der Waals surface area contributed by atoms with E-state index in [0.717, 1.165) is 25.5 Å². The fourth-order valence-corrected chi connectivity index (χ4v) is 2.70. The van der Waals surface area contributed by atoms with Crippen LogP contribution >= 0.6 is 11.3 Å². The van der Waals surface area contributed by atoms with Gasteiger partial charge in [0.2, 0.25) is 0 Å². The normalized spacial score (nSPS) is 11.4. The van der Waals surface area contributed by atoms with Crippen molar-refractivity contribution in [2.24, 2.45) is 4.99 Å². The van der Waals surface area contributed by atoms with Crippen LogP contribution < -0.4 is 10.6 Å². The zero-order valence-electron chi connectivity index (χ0n) is 12.0. The number of benzene rings is 1. The highest BCUT2D eigenvalue weighted by Crippen LogP contribution is 2.09. The average molecular weight is 287 g/mol. The van der Waals surface area contributed by atoms with E-state index in [1.165, 1.54) is 16.0 Å². The summed E-state index contributed by atoms with van der Waals surface area (Å²) in [6, 6.07) is 12.7. The quantitative estimate of drug-likeness (QED) is 0.654. The molecule has 0 radical (unpaired) electrons. The minimum atomic E-state index is 0.800. The van der Waals surface area contributed by atoms with Gasteiger partial charge in [-0.15, -0.1) is 11.3 Å². The van der Waals surface area contributed by atoms with Crippen molar-refractivity contribution < 1.29 is 0 Å². The van der Waals surface area contributed by atoms with Gasteiger partial charge in [-0.25, -0.2) is 0 Å². The molecule has 2 aromatic rings. The molecule has 0 bridgehead atoms. The summed E-state index contributed by atoms with van der Waals surface area (Å²) < 4.78 is 0. The van der Waals surface area contributed by atoms with E-state index in [4.69, 9.17) is 0 Å². The number of nitrogens with one attached hydrogen (secondary N) is 2. The molecule has 0 unspecified atom stereocenters. The van der Waals surface area contributed by atoms with Gasteiger partial charge in [0.05, 0.1) is 6.54 Å². The summed E-state index contributed by atoms with van der Waals surface area (Å²) in [6.07, 6.45) is 1.05. The van der Waals surface area contributed by atoms with Crippen LogP contribution in [0, 0.1) is 0 Å². The van der Waals surface area contributed by atoms with Crippen LogP contribution in [0.4, 0.5) is 0 Å². The molecule has 0 aliphatic rings. The Morgan fingerprint density at radius 3 is 2.45 bits per heavy atom. The van der Waals surface area contributed by atoms with Gasteiger partial charge in [0, 0.05) is 18.5 Å². The first-order valence-electron chi connectivity index (χ1n) is 6.87. The second kappa shape index (κ2) is 7.70. The van der Waals surface area contributed by atoms with Crippen LogP contribution in [0.1, 0.15) is 22.9 Å². The zero-order chi connectivity index (χ0) is 14.2. The molecule has 4 heteroatoms. The number of aliphatic imine (C=N–C) groups is 1. The Morgan fingerprint density at radius 2 is 1.80 bits per heavy atom. The highest BCUT2D eigenvalue weighted by molar-refractivity contribution is 7.09. The van der Waals surface area contributed by atoms with Crippen LogP contribution in [-0.2, 0) is 19.5 Å². The Balaban J connectivity index is 1.87. The molecule has 2 N–H and O–H groups in total. The molecule has 0 spiro atoms. The molecule has 0 atom stereocenters. The molecule has 1 aromatic carbocycles. The second-order valence-corrected chi connectivity index (χ2v) is 5.51. The van der Waals surface area contributed by atoms with Crippen molar-refractivity contribution in [1.29, 1.82) is 0 Å². The first-order valence-corrected chi connectivity index (χ1v) is 7.75. The van der Waals surface area contributed by atoms with E-state index in [2.05, 4.69) is 64.3 Å². The Labute approximate surface area is 124 Å². The van der Waals surface area contributed by atoms with Crippen molar-refractivity contribution in [2.75, 3.05) is 7.05 Å². The van der Waals surface area contributed by atoms with Crippen molar-refractivity contribution >= 4 is 17.3 Å². The number of thiophene rings is 1. The summed E-state index contributed by atoms with van der Waals surface area (Å²) in [5, 5.41) is 8.78. The Hall–Kier alpha value is -1.81. The molecule has 20 heavy (non-hydrogen) atoms. The Morgan fingerprint density at radius 1 is 1.05 bits per heavy atom. The summed E-state index contributed by atoms with van der Waals surface area (Å²) in [7, 11) is 1.80. The van der Waals surface area contributed by atoms with Gasteiger partial charge in [-0.2, -0.15) is 0 Å². The fraction of sp³-hybridized carbons (Fsp3) is 0.312. The molecule has 0 fully saturated rings. The number of hydrogen-bond donors (Lipinski definition) is 2. The van der Waals surface area contributed by atoms with Gasteiger partial charge >= 0.3 is 0 Å². The molecule has 2 rings (SSSR count). The molecule has 1 heterocycles. The van der Waals surface area contributed by atoms with Crippen molar-refractivity contribution in [3.8, 4) is 0 Å². The molecule has 1 aromatic heterocycles. The van der Waals surface area contributed by atoms with Gasteiger partial charge in [0.25, 0.3) is 0 Å². The first-order chi connectivity index (χ1) is 9.83. The molecular formula is C16H21N3S. The van der Waals surface area contributed by atoms with Gasteiger partial charge in [-0.1, -0.05) is 37.3 Å². The van der Waals surface area contributed by atoms with Crippen LogP contribution in [0.3, 0.4) is 0 Å². The molecule has 0 aliphatic carbocycles. The molecule has 3 nitrogen and oxygen atoms in total. The number of rotatable bonds is 5. The summed E-state index contributed by atoms with van der Waals surface area (Å²) in [5.41, 5.74) is 2.71. The van der Waals surface area contributed by atoms with E-state index < -0.39 is 0 Å². The van der Waals surface area contributed by atoms with E-state index in [1.807, 2.05) is 0 Å². The van der Waals surface area contributed by atoms with Crippen LogP contribution in [0.5, 0.6) is 0 Å². The predicted molar refractivity (Wildman–Crippen MR) is 87.2 cm³/mol. The van der Waals surface area contributed by atoms with Gasteiger partial charge in [0.15, 0.2) is 5.96 Å².